The summed E-state index contributed by atoms with van der Waals surface area (Å²) in [6, 6.07) is 13.3. The molecule has 2 aromatic heterocycles. The summed E-state index contributed by atoms with van der Waals surface area (Å²) >= 11 is 0. The van der Waals surface area contributed by atoms with Gasteiger partial charge in [0.15, 0.2) is 11.6 Å². The lowest BCUT2D eigenvalue weighted by Gasteiger charge is -2.11. The van der Waals surface area contributed by atoms with Gasteiger partial charge in [-0.2, -0.15) is 4.68 Å². The number of carbonyl (C=O) groups is 1. The highest BCUT2D eigenvalue weighted by atomic mass is 16.2. The number of benzene rings is 1. The molecule has 4 rings (SSSR count). The van der Waals surface area contributed by atoms with Crippen LogP contribution in [0.25, 0.3) is 5.82 Å². The average Bonchev–Trinajstić information content (AvgIpc) is 3.17. The van der Waals surface area contributed by atoms with Crippen LogP contribution in [0.15, 0.2) is 48.7 Å². The molecule has 26 heavy (non-hydrogen) atoms. The molecule has 1 atom stereocenters. The van der Waals surface area contributed by atoms with Gasteiger partial charge in [0.25, 0.3) is 5.91 Å². The normalized spacial score (nSPS) is 16.0. The summed E-state index contributed by atoms with van der Waals surface area (Å²) in [5, 5.41) is 7.72. The molecular formula is C20H21N5O. The van der Waals surface area contributed by atoms with Crippen molar-refractivity contribution < 1.29 is 4.79 Å². The van der Waals surface area contributed by atoms with Crippen LogP contribution in [-0.2, 0) is 12.8 Å². The van der Waals surface area contributed by atoms with Crippen LogP contribution in [0.1, 0.15) is 47.5 Å². The van der Waals surface area contributed by atoms with Gasteiger partial charge in [-0.05, 0) is 29.7 Å². The minimum atomic E-state index is -0.0998. The first-order chi connectivity index (χ1) is 12.6. The molecule has 0 saturated heterocycles. The van der Waals surface area contributed by atoms with Gasteiger partial charge in [0, 0.05) is 24.6 Å². The molecule has 0 spiro atoms. The van der Waals surface area contributed by atoms with E-state index in [1.54, 1.807) is 10.9 Å². The van der Waals surface area contributed by atoms with E-state index >= 15 is 0 Å². The van der Waals surface area contributed by atoms with Gasteiger partial charge in [0.05, 0.1) is 6.04 Å². The second-order valence-corrected chi connectivity index (χ2v) is 6.96. The fraction of sp³-hybridized carbons (Fsp3) is 0.300. The van der Waals surface area contributed by atoms with Crippen molar-refractivity contribution in [2.45, 2.75) is 32.7 Å². The SMILES string of the molecule is CC(C)Cc1nc(CC2NC(=O)c3ccccc32)n(-c2ccccn2)n1. The number of nitrogens with zero attached hydrogens (tertiary/aromatic N) is 4. The topological polar surface area (TPSA) is 72.7 Å². The Morgan fingerprint density at radius 3 is 2.73 bits per heavy atom. The zero-order valence-electron chi connectivity index (χ0n) is 14.9. The maximum atomic E-state index is 12.2. The Morgan fingerprint density at radius 1 is 1.15 bits per heavy atom. The summed E-state index contributed by atoms with van der Waals surface area (Å²) in [5.74, 6) is 2.79. The highest BCUT2D eigenvalue weighted by Gasteiger charge is 2.30. The Kier molecular flexibility index (Phi) is 4.24. The molecular weight excluding hydrogens is 326 g/mol. The van der Waals surface area contributed by atoms with Gasteiger partial charge in [0.1, 0.15) is 5.82 Å². The van der Waals surface area contributed by atoms with Gasteiger partial charge in [-0.1, -0.05) is 38.1 Å². The minimum Gasteiger partial charge on any atom is -0.345 e. The van der Waals surface area contributed by atoms with E-state index in [2.05, 4.69) is 29.2 Å². The van der Waals surface area contributed by atoms with Crippen molar-refractivity contribution >= 4 is 5.91 Å². The predicted octanol–water partition coefficient (Wildman–Crippen LogP) is 2.89. The third-order valence-electron chi connectivity index (χ3n) is 4.45. The lowest BCUT2D eigenvalue weighted by Crippen LogP contribution is -2.22. The molecule has 132 valence electrons. The largest absolute Gasteiger partial charge is 0.345 e. The van der Waals surface area contributed by atoms with E-state index in [0.717, 1.165) is 35.0 Å². The van der Waals surface area contributed by atoms with Crippen LogP contribution in [0.2, 0.25) is 0 Å². The van der Waals surface area contributed by atoms with Crippen LogP contribution < -0.4 is 5.32 Å². The van der Waals surface area contributed by atoms with Crippen LogP contribution in [0.3, 0.4) is 0 Å². The van der Waals surface area contributed by atoms with E-state index in [1.165, 1.54) is 0 Å². The molecule has 3 heterocycles. The molecule has 1 aliphatic rings. The molecule has 0 aliphatic carbocycles. The first kappa shape index (κ1) is 16.4. The number of nitrogens with one attached hydrogen (secondary N) is 1. The molecule has 0 radical (unpaired) electrons. The summed E-state index contributed by atoms with van der Waals surface area (Å²) in [7, 11) is 0. The number of fused-ring (bicyclic) bond motifs is 1. The first-order valence-electron chi connectivity index (χ1n) is 8.88. The Hall–Kier alpha value is -3.02. The van der Waals surface area contributed by atoms with E-state index in [0.29, 0.717) is 12.3 Å². The maximum absolute atomic E-state index is 12.2. The number of rotatable bonds is 5. The Morgan fingerprint density at radius 2 is 1.96 bits per heavy atom. The summed E-state index contributed by atoms with van der Waals surface area (Å²) < 4.78 is 1.80. The molecule has 1 aromatic carbocycles. The number of amides is 1. The van der Waals surface area contributed by atoms with Gasteiger partial charge >= 0.3 is 0 Å². The quantitative estimate of drug-likeness (QED) is 0.770. The molecule has 0 bridgehead atoms. The third kappa shape index (κ3) is 3.10. The molecule has 0 saturated carbocycles. The number of aromatic nitrogens is 4. The average molecular weight is 347 g/mol. The molecule has 3 aromatic rings. The molecule has 0 fully saturated rings. The highest BCUT2D eigenvalue weighted by molar-refractivity contribution is 5.99. The third-order valence-corrected chi connectivity index (χ3v) is 4.45. The van der Waals surface area contributed by atoms with Crippen molar-refractivity contribution in [2.75, 3.05) is 0 Å². The van der Waals surface area contributed by atoms with Gasteiger partial charge in [-0.25, -0.2) is 9.97 Å². The molecule has 1 unspecified atom stereocenters. The number of hydrogen-bond donors (Lipinski definition) is 1. The second kappa shape index (κ2) is 6.71. The number of pyridine rings is 1. The standard InChI is InChI=1S/C20H21N5O/c1-13(2)11-17-23-19(25(24-17)18-9-5-6-10-21-18)12-16-14-7-3-4-8-15(14)20(26)22-16/h3-10,13,16H,11-12H2,1-2H3,(H,22,26). The van der Waals surface area contributed by atoms with Gasteiger partial charge in [-0.15, -0.1) is 5.10 Å². The van der Waals surface area contributed by atoms with Crippen molar-refractivity contribution in [1.29, 1.82) is 0 Å². The first-order valence-corrected chi connectivity index (χ1v) is 8.88. The molecule has 6 nitrogen and oxygen atoms in total. The zero-order chi connectivity index (χ0) is 18.1. The minimum absolute atomic E-state index is 0.0306. The van der Waals surface area contributed by atoms with E-state index < -0.39 is 0 Å². The maximum Gasteiger partial charge on any atom is 0.252 e. The van der Waals surface area contributed by atoms with Gasteiger partial charge in [0.2, 0.25) is 0 Å². The van der Waals surface area contributed by atoms with Crippen molar-refractivity contribution in [3.05, 3.63) is 71.4 Å². The van der Waals surface area contributed by atoms with Crippen molar-refractivity contribution in [2.24, 2.45) is 5.92 Å². The summed E-state index contributed by atoms with van der Waals surface area (Å²) in [6.45, 7) is 4.29. The lowest BCUT2D eigenvalue weighted by molar-refractivity contribution is 0.0956. The molecule has 6 heteroatoms. The molecule has 1 N–H and O–H groups in total. The van der Waals surface area contributed by atoms with Crippen LogP contribution in [0.5, 0.6) is 0 Å². The van der Waals surface area contributed by atoms with Crippen LogP contribution in [0.4, 0.5) is 0 Å². The van der Waals surface area contributed by atoms with Crippen LogP contribution in [0, 0.1) is 5.92 Å². The Bertz CT molecular complexity index is 932. The summed E-state index contributed by atoms with van der Waals surface area (Å²) in [6.07, 6.45) is 3.13. The number of hydrogen-bond acceptors (Lipinski definition) is 4. The number of carbonyl (C=O) groups excluding carboxylic acids is 1. The second-order valence-electron chi connectivity index (χ2n) is 6.96. The van der Waals surface area contributed by atoms with E-state index in [9.17, 15) is 4.79 Å². The summed E-state index contributed by atoms with van der Waals surface area (Å²) in [5.41, 5.74) is 1.75. The Balaban J connectivity index is 1.70. The van der Waals surface area contributed by atoms with Gasteiger partial charge < -0.3 is 5.32 Å². The monoisotopic (exact) mass is 347 g/mol. The van der Waals surface area contributed by atoms with Crippen molar-refractivity contribution in [3.8, 4) is 5.82 Å². The Labute approximate surface area is 152 Å². The highest BCUT2D eigenvalue weighted by Crippen LogP contribution is 2.28. The lowest BCUT2D eigenvalue weighted by atomic mass is 10.0. The van der Waals surface area contributed by atoms with E-state index in [-0.39, 0.29) is 11.9 Å². The van der Waals surface area contributed by atoms with E-state index in [1.807, 2.05) is 42.5 Å². The predicted molar refractivity (Wildman–Crippen MR) is 98.0 cm³/mol. The van der Waals surface area contributed by atoms with Crippen molar-refractivity contribution in [3.63, 3.8) is 0 Å². The molecule has 1 amide bonds. The van der Waals surface area contributed by atoms with Gasteiger partial charge in [-0.3, -0.25) is 4.79 Å². The molecule has 1 aliphatic heterocycles. The fourth-order valence-electron chi connectivity index (χ4n) is 3.30. The smallest absolute Gasteiger partial charge is 0.252 e. The van der Waals surface area contributed by atoms with E-state index in [4.69, 9.17) is 4.98 Å². The van der Waals surface area contributed by atoms with Crippen molar-refractivity contribution in [1.82, 2.24) is 25.1 Å². The summed E-state index contributed by atoms with van der Waals surface area (Å²) in [4.78, 5) is 21.4. The van der Waals surface area contributed by atoms with Crippen LogP contribution in [-0.4, -0.2) is 25.7 Å². The fourth-order valence-corrected chi connectivity index (χ4v) is 3.30. The van der Waals surface area contributed by atoms with Crippen LogP contribution >= 0.6 is 0 Å². The zero-order valence-corrected chi connectivity index (χ0v) is 14.9.